The van der Waals surface area contributed by atoms with Gasteiger partial charge in [-0.15, -0.1) is 0 Å². The molecule has 0 aliphatic carbocycles. The van der Waals surface area contributed by atoms with Crippen LogP contribution in [0, 0.1) is 12.7 Å². The van der Waals surface area contributed by atoms with Gasteiger partial charge in [-0.3, -0.25) is 0 Å². The lowest BCUT2D eigenvalue weighted by Gasteiger charge is -2.11. The maximum Gasteiger partial charge on any atom is 0.147 e. The zero-order valence-electron chi connectivity index (χ0n) is 30.6. The van der Waals surface area contributed by atoms with Crippen LogP contribution in [0.25, 0.3) is 65.4 Å². The highest BCUT2D eigenvalue weighted by molar-refractivity contribution is 6.10. The molecule has 0 spiro atoms. The van der Waals surface area contributed by atoms with E-state index in [0.717, 1.165) is 16.3 Å². The van der Waals surface area contributed by atoms with Gasteiger partial charge in [0.25, 0.3) is 0 Å². The van der Waals surface area contributed by atoms with Gasteiger partial charge in [0.05, 0.1) is 5.52 Å². The van der Waals surface area contributed by atoms with E-state index in [4.69, 9.17) is 0 Å². The fourth-order valence-electron chi connectivity index (χ4n) is 7.44. The van der Waals surface area contributed by atoms with E-state index in [1.807, 2.05) is 32.0 Å². The van der Waals surface area contributed by atoms with Crippen molar-refractivity contribution >= 4 is 65.4 Å². The summed E-state index contributed by atoms with van der Waals surface area (Å²) in [6.45, 7) is 14.8. The topological polar surface area (TPSA) is 14.8 Å². The van der Waals surface area contributed by atoms with Crippen LogP contribution in [0.2, 0.25) is 0 Å². The summed E-state index contributed by atoms with van der Waals surface area (Å²) in [5, 5.41) is 7.56. The van der Waals surface area contributed by atoms with Gasteiger partial charge in [-0.05, 0) is 76.6 Å². The monoisotopic (exact) mass is 661 g/mol. The standard InChI is InChI=1S/C15H14FN.C15H15N.C14H13N.C2H6/c1-10(2)17-14-9-4-3-6-11(14)12-7-5-8-13(16)15(12)17;1-11(2)16-14-9-5-3-7-12(14)13-8-4-6-10-15(13)16;1-10-6-5-9-13-14(10)11-7-3-4-8-12(11)15(13)2;1-2/h3-10H,1-2H3;3-11H,1-2H3;3-9H,1-2H3;1-2H3. The molecular weight excluding hydrogens is 614 g/mol. The number of rotatable bonds is 2. The Labute approximate surface area is 295 Å². The number of aromatic nitrogens is 3. The maximum absolute atomic E-state index is 14.0. The number of fused-ring (bicyclic) bond motifs is 9. The van der Waals surface area contributed by atoms with Crippen molar-refractivity contribution in [3.05, 3.63) is 145 Å². The van der Waals surface area contributed by atoms with Crippen molar-refractivity contribution in [2.75, 3.05) is 0 Å². The maximum atomic E-state index is 14.0. The zero-order valence-corrected chi connectivity index (χ0v) is 30.6. The molecule has 254 valence electrons. The molecule has 9 rings (SSSR count). The minimum Gasteiger partial charge on any atom is -0.344 e. The van der Waals surface area contributed by atoms with Crippen LogP contribution in [0.3, 0.4) is 0 Å². The highest BCUT2D eigenvalue weighted by Gasteiger charge is 2.15. The molecule has 3 nitrogen and oxygen atoms in total. The minimum absolute atomic E-state index is 0.146. The second-order valence-corrected chi connectivity index (χ2v) is 13.2. The molecule has 0 aliphatic rings. The average molecular weight is 662 g/mol. The highest BCUT2D eigenvalue weighted by Crippen LogP contribution is 2.34. The summed E-state index contributed by atoms with van der Waals surface area (Å²) in [5.74, 6) is -0.146. The third-order valence-electron chi connectivity index (χ3n) is 9.48. The van der Waals surface area contributed by atoms with Crippen LogP contribution >= 0.6 is 0 Å². The third kappa shape index (κ3) is 6.04. The first-order valence-electron chi connectivity index (χ1n) is 17.9. The summed E-state index contributed by atoms with van der Waals surface area (Å²) < 4.78 is 20.8. The van der Waals surface area contributed by atoms with Crippen molar-refractivity contribution in [2.45, 2.75) is 60.5 Å². The summed E-state index contributed by atoms with van der Waals surface area (Å²) in [6, 6.07) is 46.4. The van der Waals surface area contributed by atoms with E-state index in [0.29, 0.717) is 11.6 Å². The fourth-order valence-corrected chi connectivity index (χ4v) is 7.44. The van der Waals surface area contributed by atoms with Crippen LogP contribution in [0.4, 0.5) is 4.39 Å². The molecule has 4 heteroatoms. The SMILES string of the molecule is CC.CC(C)n1c2ccccc2c2cccc(F)c21.CC(C)n1c2ccccc2c2ccccc21.Cc1cccc2c1c1ccccc1n2C. The number of para-hydroxylation sites is 5. The normalized spacial score (nSPS) is 11.3. The molecule has 0 N–H and O–H groups in total. The van der Waals surface area contributed by atoms with Crippen molar-refractivity contribution in [3.8, 4) is 0 Å². The molecule has 0 saturated carbocycles. The largest absolute Gasteiger partial charge is 0.344 e. The quantitative estimate of drug-likeness (QED) is 0.175. The molecule has 0 atom stereocenters. The second kappa shape index (κ2) is 14.6. The Kier molecular flexibility index (Phi) is 10.1. The van der Waals surface area contributed by atoms with Crippen LogP contribution in [-0.4, -0.2) is 13.7 Å². The molecule has 0 amide bonds. The first kappa shape index (κ1) is 34.5. The molecular formula is C46H48FN3. The summed E-state index contributed by atoms with van der Waals surface area (Å²) in [7, 11) is 2.13. The van der Waals surface area contributed by atoms with Crippen molar-refractivity contribution in [3.63, 3.8) is 0 Å². The van der Waals surface area contributed by atoms with Crippen molar-refractivity contribution in [1.29, 1.82) is 0 Å². The van der Waals surface area contributed by atoms with E-state index >= 15 is 0 Å². The number of halogens is 1. The number of hydrogen-bond donors (Lipinski definition) is 0. The van der Waals surface area contributed by atoms with Crippen LogP contribution in [0.15, 0.2) is 133 Å². The summed E-state index contributed by atoms with van der Waals surface area (Å²) in [5.41, 5.74) is 8.45. The number of aryl methyl sites for hydroxylation is 2. The number of nitrogens with zero attached hydrogens (tertiary/aromatic N) is 3. The smallest absolute Gasteiger partial charge is 0.147 e. The first-order chi connectivity index (χ1) is 24.3. The van der Waals surface area contributed by atoms with E-state index in [1.54, 1.807) is 6.07 Å². The van der Waals surface area contributed by atoms with Gasteiger partial charge in [0, 0.05) is 79.0 Å². The molecule has 0 aliphatic heterocycles. The van der Waals surface area contributed by atoms with Gasteiger partial charge in [0.15, 0.2) is 0 Å². The molecule has 0 bridgehead atoms. The lowest BCUT2D eigenvalue weighted by molar-refractivity contribution is 0.599. The molecule has 0 saturated heterocycles. The predicted molar refractivity (Wildman–Crippen MR) is 216 cm³/mol. The van der Waals surface area contributed by atoms with Crippen LogP contribution < -0.4 is 0 Å². The molecule has 3 heterocycles. The van der Waals surface area contributed by atoms with E-state index in [-0.39, 0.29) is 11.9 Å². The summed E-state index contributed by atoms with van der Waals surface area (Å²) in [6.07, 6.45) is 0. The zero-order chi connectivity index (χ0) is 35.5. The lowest BCUT2D eigenvalue weighted by atomic mass is 10.1. The van der Waals surface area contributed by atoms with Crippen LogP contribution in [0.5, 0.6) is 0 Å². The Morgan fingerprint density at radius 1 is 0.440 bits per heavy atom. The second-order valence-electron chi connectivity index (χ2n) is 13.2. The van der Waals surface area contributed by atoms with E-state index in [2.05, 4.69) is 158 Å². The van der Waals surface area contributed by atoms with Gasteiger partial charge in [0.1, 0.15) is 5.82 Å². The van der Waals surface area contributed by atoms with Crippen LogP contribution in [-0.2, 0) is 7.05 Å². The van der Waals surface area contributed by atoms with Gasteiger partial charge in [-0.25, -0.2) is 4.39 Å². The molecule has 6 aromatic carbocycles. The van der Waals surface area contributed by atoms with Crippen LogP contribution in [0.1, 0.15) is 59.2 Å². The van der Waals surface area contributed by atoms with Gasteiger partial charge in [-0.1, -0.05) is 111 Å². The van der Waals surface area contributed by atoms with Gasteiger partial charge < -0.3 is 13.7 Å². The molecule has 9 aromatic rings. The Morgan fingerprint density at radius 3 is 1.38 bits per heavy atom. The molecule has 0 unspecified atom stereocenters. The molecule has 3 aromatic heterocycles. The van der Waals surface area contributed by atoms with E-state index in [1.165, 1.54) is 55.2 Å². The number of benzene rings is 6. The van der Waals surface area contributed by atoms with Crippen molar-refractivity contribution < 1.29 is 4.39 Å². The van der Waals surface area contributed by atoms with Gasteiger partial charge in [-0.2, -0.15) is 0 Å². The Bertz CT molecular complexity index is 2510. The summed E-state index contributed by atoms with van der Waals surface area (Å²) in [4.78, 5) is 0. The molecule has 0 fully saturated rings. The lowest BCUT2D eigenvalue weighted by Crippen LogP contribution is -2.01. The van der Waals surface area contributed by atoms with Gasteiger partial charge in [0.2, 0.25) is 0 Å². The first-order valence-corrected chi connectivity index (χ1v) is 17.9. The Hall–Kier alpha value is -5.35. The van der Waals surface area contributed by atoms with E-state index < -0.39 is 0 Å². The number of hydrogen-bond acceptors (Lipinski definition) is 0. The predicted octanol–water partition coefficient (Wildman–Crippen LogP) is 13.6. The highest BCUT2D eigenvalue weighted by atomic mass is 19.1. The Balaban J connectivity index is 0.000000127. The van der Waals surface area contributed by atoms with Crippen molar-refractivity contribution in [2.24, 2.45) is 7.05 Å². The molecule has 50 heavy (non-hydrogen) atoms. The Morgan fingerprint density at radius 2 is 0.840 bits per heavy atom. The average Bonchev–Trinajstić information content (AvgIpc) is 3.77. The minimum atomic E-state index is -0.146. The van der Waals surface area contributed by atoms with E-state index in [9.17, 15) is 4.39 Å². The summed E-state index contributed by atoms with van der Waals surface area (Å²) >= 11 is 0. The fraction of sp³-hybridized carbons (Fsp3) is 0.217. The van der Waals surface area contributed by atoms with Gasteiger partial charge >= 0.3 is 0 Å². The van der Waals surface area contributed by atoms with Crippen molar-refractivity contribution in [1.82, 2.24) is 13.7 Å². The molecule has 0 radical (unpaired) electrons. The third-order valence-corrected chi connectivity index (χ3v) is 9.48.